The number of nitrogens with one attached hydrogen (secondary N) is 2. The molecule has 0 radical (unpaired) electrons. The second kappa shape index (κ2) is 9.19. The van der Waals surface area contributed by atoms with Gasteiger partial charge in [0.05, 0.1) is 40.2 Å². The number of para-hydroxylation sites is 1. The van der Waals surface area contributed by atoms with Crippen molar-refractivity contribution in [1.82, 2.24) is 5.32 Å². The maximum absolute atomic E-state index is 13.1. The average molecular weight is 500 g/mol. The fourth-order valence-electron chi connectivity index (χ4n) is 3.46. The van der Waals surface area contributed by atoms with Crippen molar-refractivity contribution in [3.8, 4) is 5.75 Å². The van der Waals surface area contributed by atoms with Crippen LogP contribution in [0.25, 0.3) is 0 Å². The van der Waals surface area contributed by atoms with Gasteiger partial charge in [0.25, 0.3) is 17.7 Å². The molecule has 0 aromatic heterocycles. The molecule has 166 valence electrons. The van der Waals surface area contributed by atoms with E-state index in [1.54, 1.807) is 48.5 Å². The number of fused-ring (bicyclic) bond motifs is 1. The van der Waals surface area contributed by atoms with Crippen molar-refractivity contribution in [2.24, 2.45) is 0 Å². The summed E-state index contributed by atoms with van der Waals surface area (Å²) in [4.78, 5) is 39.8. The molecule has 0 saturated carbocycles. The standard InChI is InChI=1S/C23H15Cl2N3O4S/c1-32-19-15(10-12(24)11-16(19)25)20(29)27-23(33)26-17-9-5-8-14-18(17)22(31)28(21(14)30)13-6-3-2-4-7-13/h2-11H,1H3,(H2,26,27,29,33). The number of carbonyl (C=O) groups is 3. The minimum absolute atomic E-state index is 0.0824. The highest BCUT2D eigenvalue weighted by molar-refractivity contribution is 7.80. The lowest BCUT2D eigenvalue weighted by Gasteiger charge is -2.15. The minimum Gasteiger partial charge on any atom is -0.494 e. The van der Waals surface area contributed by atoms with Crippen LogP contribution in [0, 0.1) is 0 Å². The number of rotatable bonds is 4. The number of thiocarbonyl (C=S) groups is 1. The van der Waals surface area contributed by atoms with Crippen molar-refractivity contribution in [3.05, 3.63) is 87.4 Å². The Kier molecular flexibility index (Phi) is 6.33. The molecule has 4 rings (SSSR count). The molecule has 3 amide bonds. The Morgan fingerprint density at radius 2 is 1.73 bits per heavy atom. The van der Waals surface area contributed by atoms with Gasteiger partial charge in [-0.3, -0.25) is 19.7 Å². The van der Waals surface area contributed by atoms with Gasteiger partial charge in [-0.1, -0.05) is 47.5 Å². The van der Waals surface area contributed by atoms with Crippen molar-refractivity contribution < 1.29 is 19.1 Å². The number of anilines is 2. The zero-order valence-corrected chi connectivity index (χ0v) is 19.3. The molecule has 7 nitrogen and oxygen atoms in total. The molecule has 33 heavy (non-hydrogen) atoms. The van der Waals surface area contributed by atoms with Crippen LogP contribution in [0.3, 0.4) is 0 Å². The van der Waals surface area contributed by atoms with E-state index in [1.807, 2.05) is 0 Å². The van der Waals surface area contributed by atoms with E-state index in [0.29, 0.717) is 5.69 Å². The van der Waals surface area contributed by atoms with Crippen molar-refractivity contribution in [1.29, 1.82) is 0 Å². The van der Waals surface area contributed by atoms with Crippen LogP contribution in [-0.4, -0.2) is 29.9 Å². The summed E-state index contributed by atoms with van der Waals surface area (Å²) in [6.45, 7) is 0. The van der Waals surface area contributed by atoms with Crippen molar-refractivity contribution >= 4 is 69.6 Å². The molecule has 0 unspecified atom stereocenters. The van der Waals surface area contributed by atoms with Crippen molar-refractivity contribution in [2.75, 3.05) is 17.3 Å². The Morgan fingerprint density at radius 1 is 1.00 bits per heavy atom. The van der Waals surface area contributed by atoms with Gasteiger partial charge in [0.15, 0.2) is 5.11 Å². The molecule has 2 N–H and O–H groups in total. The summed E-state index contributed by atoms with van der Waals surface area (Å²) >= 11 is 17.4. The molecule has 0 atom stereocenters. The fraction of sp³-hybridized carbons (Fsp3) is 0.0435. The zero-order chi connectivity index (χ0) is 23.7. The van der Waals surface area contributed by atoms with E-state index in [-0.39, 0.29) is 43.3 Å². The van der Waals surface area contributed by atoms with E-state index >= 15 is 0 Å². The van der Waals surface area contributed by atoms with Gasteiger partial charge in [-0.15, -0.1) is 0 Å². The van der Waals surface area contributed by atoms with Gasteiger partial charge in [-0.2, -0.15) is 0 Å². The summed E-state index contributed by atoms with van der Waals surface area (Å²) in [5, 5.41) is 5.65. The maximum atomic E-state index is 13.1. The van der Waals surface area contributed by atoms with Gasteiger partial charge < -0.3 is 10.1 Å². The summed E-state index contributed by atoms with van der Waals surface area (Å²) in [7, 11) is 1.37. The summed E-state index contributed by atoms with van der Waals surface area (Å²) < 4.78 is 5.19. The highest BCUT2D eigenvalue weighted by Crippen LogP contribution is 2.34. The quantitative estimate of drug-likeness (QED) is 0.390. The molecule has 1 heterocycles. The third kappa shape index (κ3) is 4.28. The summed E-state index contributed by atoms with van der Waals surface area (Å²) in [5.41, 5.74) is 1.21. The molecule has 0 spiro atoms. The number of methoxy groups -OCH3 is 1. The van der Waals surface area contributed by atoms with Crippen LogP contribution in [0.2, 0.25) is 10.0 Å². The van der Waals surface area contributed by atoms with Crippen LogP contribution in [0.15, 0.2) is 60.7 Å². The summed E-state index contributed by atoms with van der Waals surface area (Å²) in [5.74, 6) is -1.42. The third-order valence-corrected chi connectivity index (χ3v) is 5.56. The van der Waals surface area contributed by atoms with Crippen LogP contribution >= 0.6 is 35.4 Å². The van der Waals surface area contributed by atoms with Gasteiger partial charge in [-0.25, -0.2) is 4.90 Å². The Hall–Kier alpha value is -3.46. The normalized spacial score (nSPS) is 12.4. The largest absolute Gasteiger partial charge is 0.494 e. The topological polar surface area (TPSA) is 87.7 Å². The molecule has 0 fully saturated rings. The first-order chi connectivity index (χ1) is 15.8. The van der Waals surface area contributed by atoms with E-state index in [0.717, 1.165) is 4.90 Å². The van der Waals surface area contributed by atoms with Gasteiger partial charge in [0.1, 0.15) is 5.75 Å². The number of ether oxygens (including phenoxy) is 1. The second-order valence-electron chi connectivity index (χ2n) is 6.89. The van der Waals surface area contributed by atoms with Crippen molar-refractivity contribution in [2.45, 2.75) is 0 Å². The van der Waals surface area contributed by atoms with Gasteiger partial charge in [-0.05, 0) is 48.6 Å². The van der Waals surface area contributed by atoms with Crippen LogP contribution in [0.5, 0.6) is 5.75 Å². The molecule has 0 saturated heterocycles. The van der Waals surface area contributed by atoms with Gasteiger partial charge in [0.2, 0.25) is 0 Å². The highest BCUT2D eigenvalue weighted by atomic mass is 35.5. The Morgan fingerprint density at radius 3 is 2.42 bits per heavy atom. The van der Waals surface area contributed by atoms with Crippen LogP contribution in [0.1, 0.15) is 31.1 Å². The number of hydrogen-bond acceptors (Lipinski definition) is 5. The number of nitrogens with zero attached hydrogens (tertiary/aromatic N) is 1. The summed E-state index contributed by atoms with van der Waals surface area (Å²) in [6.07, 6.45) is 0. The number of carbonyl (C=O) groups excluding carboxylic acids is 3. The number of halogens is 2. The Bertz CT molecular complexity index is 1310. The molecule has 0 bridgehead atoms. The molecule has 3 aromatic carbocycles. The number of amides is 3. The lowest BCUT2D eigenvalue weighted by atomic mass is 10.1. The average Bonchev–Trinajstić information content (AvgIpc) is 3.04. The van der Waals surface area contributed by atoms with Gasteiger partial charge >= 0.3 is 0 Å². The number of hydrogen-bond donors (Lipinski definition) is 2. The second-order valence-corrected chi connectivity index (χ2v) is 8.14. The predicted molar refractivity (Wildman–Crippen MR) is 131 cm³/mol. The highest BCUT2D eigenvalue weighted by Gasteiger charge is 2.38. The zero-order valence-electron chi connectivity index (χ0n) is 17.0. The maximum Gasteiger partial charge on any atom is 0.268 e. The molecule has 0 aliphatic carbocycles. The first-order valence-electron chi connectivity index (χ1n) is 9.54. The van der Waals surface area contributed by atoms with E-state index in [1.165, 1.54) is 19.2 Å². The van der Waals surface area contributed by atoms with E-state index in [4.69, 9.17) is 40.2 Å². The van der Waals surface area contributed by atoms with Crippen LogP contribution in [-0.2, 0) is 0 Å². The van der Waals surface area contributed by atoms with Crippen LogP contribution in [0.4, 0.5) is 11.4 Å². The molecular weight excluding hydrogens is 485 g/mol. The van der Waals surface area contributed by atoms with Gasteiger partial charge in [0, 0.05) is 5.02 Å². The van der Waals surface area contributed by atoms with E-state index in [9.17, 15) is 14.4 Å². The Labute approximate surface area is 204 Å². The first-order valence-corrected chi connectivity index (χ1v) is 10.7. The lowest BCUT2D eigenvalue weighted by Crippen LogP contribution is -2.35. The monoisotopic (exact) mass is 499 g/mol. The fourth-order valence-corrected chi connectivity index (χ4v) is 4.23. The molecular formula is C23H15Cl2N3O4S. The molecule has 1 aliphatic heterocycles. The number of imide groups is 1. The first kappa shape index (κ1) is 22.7. The smallest absolute Gasteiger partial charge is 0.268 e. The summed E-state index contributed by atoms with van der Waals surface area (Å²) in [6, 6.07) is 16.2. The lowest BCUT2D eigenvalue weighted by molar-refractivity contribution is 0.0924. The number of benzene rings is 3. The molecule has 10 heteroatoms. The van der Waals surface area contributed by atoms with E-state index < -0.39 is 17.7 Å². The SMILES string of the molecule is COc1c(Cl)cc(Cl)cc1C(=O)NC(=S)Nc1cccc2c1C(=O)N(c1ccccc1)C2=O. The molecule has 1 aliphatic rings. The predicted octanol–water partition coefficient (Wildman–Crippen LogP) is 4.93. The van der Waals surface area contributed by atoms with Crippen LogP contribution < -0.4 is 20.3 Å². The Balaban J connectivity index is 1.58. The third-order valence-electron chi connectivity index (χ3n) is 4.86. The van der Waals surface area contributed by atoms with Crippen molar-refractivity contribution in [3.63, 3.8) is 0 Å². The van der Waals surface area contributed by atoms with E-state index in [2.05, 4.69) is 10.6 Å². The molecule has 3 aromatic rings. The minimum atomic E-state index is -0.616.